The molecular weight excluding hydrogens is 401 g/mol. The quantitative estimate of drug-likeness (QED) is 0.471. The van der Waals surface area contributed by atoms with Crippen molar-refractivity contribution in [3.05, 3.63) is 77.9 Å². The number of rotatable bonds is 2. The molecule has 4 rings (SSSR count). The fraction of sp³-hybridized carbons (Fsp3) is 0.136. The molecule has 2 heterocycles. The van der Waals surface area contributed by atoms with Gasteiger partial charge in [-0.1, -0.05) is 24.3 Å². The predicted octanol–water partition coefficient (Wildman–Crippen LogP) is 6.19. The highest BCUT2D eigenvalue weighted by Gasteiger charge is 2.39. The lowest BCUT2D eigenvalue weighted by Crippen LogP contribution is -2.24. The van der Waals surface area contributed by atoms with Gasteiger partial charge in [-0.2, -0.15) is 18.4 Å². The summed E-state index contributed by atoms with van der Waals surface area (Å²) in [7, 11) is 0. The molecule has 30 heavy (non-hydrogen) atoms. The van der Waals surface area contributed by atoms with Gasteiger partial charge < -0.3 is 0 Å². The largest absolute Gasteiger partial charge is 0.433 e. The number of hydrogen-bond donors (Lipinski definition) is 0. The van der Waals surface area contributed by atoms with Crippen LogP contribution in [0.2, 0.25) is 0 Å². The Labute approximate surface area is 167 Å². The summed E-state index contributed by atoms with van der Waals surface area (Å²) in [5.74, 6) is -0.849. The summed E-state index contributed by atoms with van der Waals surface area (Å²) in [5.41, 5.74) is -2.88. The van der Waals surface area contributed by atoms with Crippen molar-refractivity contribution in [1.82, 2.24) is 9.97 Å². The molecule has 0 amide bonds. The smallest absolute Gasteiger partial charge is 0.237 e. The first-order valence-electron chi connectivity index (χ1n) is 8.84. The number of alkyl halides is 4. The highest BCUT2D eigenvalue weighted by Crippen LogP contribution is 2.41. The van der Waals surface area contributed by atoms with Gasteiger partial charge in [-0.05, 0) is 47.0 Å². The molecule has 1 atom stereocenters. The molecule has 1 aliphatic carbocycles. The van der Waals surface area contributed by atoms with Crippen molar-refractivity contribution in [3.8, 4) is 17.2 Å². The Hall–Kier alpha value is -3.60. The minimum Gasteiger partial charge on any atom is -0.237 e. The van der Waals surface area contributed by atoms with E-state index in [4.69, 9.17) is 0 Å². The van der Waals surface area contributed by atoms with Crippen molar-refractivity contribution in [3.63, 3.8) is 0 Å². The fourth-order valence-electron chi connectivity index (χ4n) is 3.45. The van der Waals surface area contributed by atoms with Crippen LogP contribution in [-0.4, -0.2) is 15.6 Å². The van der Waals surface area contributed by atoms with E-state index in [1.54, 1.807) is 18.2 Å². The van der Waals surface area contributed by atoms with E-state index in [0.29, 0.717) is 16.5 Å². The van der Waals surface area contributed by atoms with Gasteiger partial charge in [-0.3, -0.25) is 0 Å². The van der Waals surface area contributed by atoms with Crippen LogP contribution in [0.15, 0.2) is 66.6 Å². The monoisotopic (exact) mass is 413 g/mol. The maximum absolute atomic E-state index is 15.0. The van der Waals surface area contributed by atoms with Crippen molar-refractivity contribution in [1.29, 1.82) is 5.26 Å². The molecule has 0 aliphatic heterocycles. The summed E-state index contributed by atoms with van der Waals surface area (Å²) in [6, 6.07) is 11.4. The van der Waals surface area contributed by atoms with Gasteiger partial charge in [0.25, 0.3) is 0 Å². The molecular formula is C22H12F5N3. The lowest BCUT2D eigenvalue weighted by atomic mass is 9.83. The summed E-state index contributed by atoms with van der Waals surface area (Å²) in [4.78, 5) is 7.49. The number of nitriles is 1. The van der Waals surface area contributed by atoms with Gasteiger partial charge in [0, 0.05) is 23.6 Å². The molecule has 8 heteroatoms. The molecule has 0 saturated heterocycles. The lowest BCUT2D eigenvalue weighted by Gasteiger charge is -2.23. The zero-order valence-electron chi connectivity index (χ0n) is 15.2. The maximum Gasteiger partial charge on any atom is 0.433 e. The number of aromatic nitrogens is 2. The zero-order chi connectivity index (χ0) is 21.5. The Morgan fingerprint density at radius 1 is 1.07 bits per heavy atom. The average molecular weight is 413 g/mol. The first-order chi connectivity index (χ1) is 14.2. The van der Waals surface area contributed by atoms with Crippen molar-refractivity contribution < 1.29 is 22.0 Å². The van der Waals surface area contributed by atoms with Gasteiger partial charge in [0.2, 0.25) is 5.67 Å². The van der Waals surface area contributed by atoms with E-state index in [1.807, 2.05) is 0 Å². The van der Waals surface area contributed by atoms with Crippen molar-refractivity contribution in [2.45, 2.75) is 18.3 Å². The number of fused-ring (bicyclic) bond motifs is 1. The first kappa shape index (κ1) is 19.7. The van der Waals surface area contributed by atoms with Gasteiger partial charge >= 0.3 is 6.18 Å². The van der Waals surface area contributed by atoms with Gasteiger partial charge in [-0.25, -0.2) is 18.7 Å². The molecule has 0 radical (unpaired) electrons. The second-order valence-electron chi connectivity index (χ2n) is 6.75. The highest BCUT2D eigenvalue weighted by atomic mass is 19.4. The standard InChI is InChI=1S/C22H12F5N3/c23-17-5-2-9-21(24,12-28)19(17)14-4-1-3-13(11-14)15-8-10-29-20-16(15)6-7-18(30-20)22(25,26)27/h1-8,10-11H,9H2. The number of allylic oxidation sites excluding steroid dienone is 4. The maximum atomic E-state index is 15.0. The van der Waals surface area contributed by atoms with E-state index < -0.39 is 23.4 Å². The first-order valence-corrected chi connectivity index (χ1v) is 8.84. The van der Waals surface area contributed by atoms with Crippen molar-refractivity contribution >= 4 is 16.6 Å². The molecule has 0 bridgehead atoms. The van der Waals surface area contributed by atoms with E-state index >= 15 is 4.39 Å². The third-order valence-corrected chi connectivity index (χ3v) is 4.83. The second kappa shape index (κ2) is 7.02. The van der Waals surface area contributed by atoms with Crippen molar-refractivity contribution in [2.75, 3.05) is 0 Å². The minimum absolute atomic E-state index is 0.101. The average Bonchev–Trinajstić information content (AvgIpc) is 2.72. The molecule has 2 aromatic heterocycles. The molecule has 3 aromatic rings. The minimum atomic E-state index is -4.61. The number of nitrogens with zero attached hydrogens (tertiary/aromatic N) is 3. The molecule has 0 N–H and O–H groups in total. The van der Waals surface area contributed by atoms with Gasteiger partial charge in [0.1, 0.15) is 17.6 Å². The van der Waals surface area contributed by atoms with Crippen LogP contribution in [0, 0.1) is 11.3 Å². The number of hydrogen-bond acceptors (Lipinski definition) is 3. The molecule has 3 nitrogen and oxygen atoms in total. The summed E-state index contributed by atoms with van der Waals surface area (Å²) in [6.07, 6.45) is -1.20. The molecule has 1 aromatic carbocycles. The van der Waals surface area contributed by atoms with Crippen LogP contribution in [0.3, 0.4) is 0 Å². The van der Waals surface area contributed by atoms with E-state index in [9.17, 15) is 22.8 Å². The van der Waals surface area contributed by atoms with E-state index in [1.165, 1.54) is 36.5 Å². The van der Waals surface area contributed by atoms with Crippen LogP contribution in [-0.2, 0) is 6.18 Å². The number of pyridine rings is 2. The topological polar surface area (TPSA) is 49.6 Å². The van der Waals surface area contributed by atoms with Crippen LogP contribution < -0.4 is 0 Å². The normalized spacial score (nSPS) is 19.2. The SMILES string of the molecule is N#CC1(F)CC=CC(F)=C1c1cccc(-c2ccnc3nc(C(F)(F)F)ccc23)c1. The summed E-state index contributed by atoms with van der Waals surface area (Å²) in [6.45, 7) is 0. The molecule has 150 valence electrons. The van der Waals surface area contributed by atoms with Crippen LogP contribution in [0.1, 0.15) is 17.7 Å². The molecule has 1 unspecified atom stereocenters. The molecule has 0 fully saturated rings. The number of benzene rings is 1. The van der Waals surface area contributed by atoms with Crippen LogP contribution in [0.4, 0.5) is 22.0 Å². The Bertz CT molecular complexity index is 1250. The lowest BCUT2D eigenvalue weighted by molar-refractivity contribution is -0.141. The molecule has 0 saturated carbocycles. The molecule has 1 aliphatic rings. The Morgan fingerprint density at radius 2 is 1.83 bits per heavy atom. The van der Waals surface area contributed by atoms with Gasteiger partial charge in [-0.15, -0.1) is 0 Å². The van der Waals surface area contributed by atoms with Crippen LogP contribution in [0.5, 0.6) is 0 Å². The van der Waals surface area contributed by atoms with E-state index in [-0.39, 0.29) is 23.2 Å². The Balaban J connectivity index is 1.87. The zero-order valence-corrected chi connectivity index (χ0v) is 15.2. The third-order valence-electron chi connectivity index (χ3n) is 4.83. The number of halogens is 5. The predicted molar refractivity (Wildman–Crippen MR) is 101 cm³/mol. The molecule has 0 spiro atoms. The van der Waals surface area contributed by atoms with E-state index in [0.717, 1.165) is 12.1 Å². The Kier molecular flexibility index (Phi) is 4.61. The van der Waals surface area contributed by atoms with Crippen LogP contribution in [0.25, 0.3) is 27.7 Å². The van der Waals surface area contributed by atoms with Gasteiger partial charge in [0.05, 0.1) is 0 Å². The summed E-state index contributed by atoms with van der Waals surface area (Å²) in [5, 5.41) is 9.61. The van der Waals surface area contributed by atoms with Crippen LogP contribution >= 0.6 is 0 Å². The van der Waals surface area contributed by atoms with Crippen molar-refractivity contribution in [2.24, 2.45) is 0 Å². The summed E-state index contributed by atoms with van der Waals surface area (Å²) >= 11 is 0. The van der Waals surface area contributed by atoms with Gasteiger partial charge in [0.15, 0.2) is 5.65 Å². The third kappa shape index (κ3) is 3.32. The second-order valence-corrected chi connectivity index (χ2v) is 6.75. The van der Waals surface area contributed by atoms with E-state index in [2.05, 4.69) is 9.97 Å². The highest BCUT2D eigenvalue weighted by molar-refractivity contribution is 5.93. The summed E-state index contributed by atoms with van der Waals surface area (Å²) < 4.78 is 68.3. The fourth-order valence-corrected chi connectivity index (χ4v) is 3.45. The Morgan fingerprint density at radius 3 is 2.57 bits per heavy atom.